The third-order valence-electron chi connectivity index (χ3n) is 7.72. The second kappa shape index (κ2) is 10.3. The van der Waals surface area contributed by atoms with Gasteiger partial charge in [0.05, 0.1) is 22.8 Å². The summed E-state index contributed by atoms with van der Waals surface area (Å²) in [5.74, 6) is 2.30. The maximum absolute atomic E-state index is 6.56. The van der Waals surface area contributed by atoms with Crippen molar-refractivity contribution in [2.45, 2.75) is 50.5 Å². The van der Waals surface area contributed by atoms with Gasteiger partial charge in [0.25, 0.3) is 0 Å². The van der Waals surface area contributed by atoms with Gasteiger partial charge in [-0.25, -0.2) is 0 Å². The van der Waals surface area contributed by atoms with E-state index < -0.39 is 0 Å². The van der Waals surface area contributed by atoms with Crippen molar-refractivity contribution in [1.82, 2.24) is 15.0 Å². The Morgan fingerprint density at radius 2 is 1.97 bits per heavy atom. The monoisotopic (exact) mass is 517 g/mol. The van der Waals surface area contributed by atoms with Crippen LogP contribution in [0.4, 0.5) is 0 Å². The van der Waals surface area contributed by atoms with Gasteiger partial charge in [-0.1, -0.05) is 47.6 Å². The van der Waals surface area contributed by atoms with Gasteiger partial charge in [-0.15, -0.1) is 0 Å². The maximum Gasteiger partial charge on any atom is 0.145 e. The summed E-state index contributed by atoms with van der Waals surface area (Å²) in [6, 6.07) is 5.50. The van der Waals surface area contributed by atoms with Crippen molar-refractivity contribution < 1.29 is 14.0 Å². The van der Waals surface area contributed by atoms with Crippen molar-refractivity contribution in [3.8, 4) is 11.3 Å². The molecule has 2 aromatic rings. The number of hydrogen-bond donors (Lipinski definition) is 0. The molecule has 35 heavy (non-hydrogen) atoms. The molecule has 2 aliphatic heterocycles. The molecule has 0 radical (unpaired) electrons. The second-order valence-corrected chi connectivity index (χ2v) is 10.8. The molecular formula is C27H33Cl2N3O3. The minimum Gasteiger partial charge on any atom is -0.373 e. The highest BCUT2D eigenvalue weighted by Gasteiger charge is 2.49. The van der Waals surface area contributed by atoms with E-state index >= 15 is 0 Å². The minimum absolute atomic E-state index is 0.00431. The Morgan fingerprint density at radius 1 is 1.29 bits per heavy atom. The Labute approximate surface area is 217 Å². The third-order valence-corrected chi connectivity index (χ3v) is 8.35. The molecule has 2 aliphatic carbocycles. The van der Waals surface area contributed by atoms with Crippen molar-refractivity contribution in [2.75, 3.05) is 27.2 Å². The van der Waals surface area contributed by atoms with Crippen LogP contribution in [0.15, 0.2) is 47.8 Å². The Balaban J connectivity index is 1.26. The number of halogens is 2. The summed E-state index contributed by atoms with van der Waals surface area (Å²) in [6.45, 7) is 10.4. The topological polar surface area (TPSA) is 51.0 Å². The Hall–Kier alpha value is -1.83. The van der Waals surface area contributed by atoms with Gasteiger partial charge in [0, 0.05) is 56.4 Å². The summed E-state index contributed by atoms with van der Waals surface area (Å²) in [5.41, 5.74) is 3.41. The largest absolute Gasteiger partial charge is 0.373 e. The molecule has 8 heteroatoms. The summed E-state index contributed by atoms with van der Waals surface area (Å²) < 4.78 is 18.2. The first kappa shape index (κ1) is 24.8. The van der Waals surface area contributed by atoms with E-state index in [1.54, 1.807) is 13.3 Å². The number of rotatable bonds is 11. The van der Waals surface area contributed by atoms with Crippen LogP contribution < -0.4 is 0 Å². The molecule has 0 amide bonds. The maximum atomic E-state index is 6.56. The first-order valence-electron chi connectivity index (χ1n) is 12.3. The number of aromatic nitrogens is 1. The molecule has 2 saturated heterocycles. The Morgan fingerprint density at radius 3 is 2.57 bits per heavy atom. The summed E-state index contributed by atoms with van der Waals surface area (Å²) in [5, 5.41) is 5.53. The van der Waals surface area contributed by atoms with Gasteiger partial charge in [0.15, 0.2) is 0 Å². The van der Waals surface area contributed by atoms with Crippen molar-refractivity contribution in [3.05, 3.63) is 64.6 Å². The quantitative estimate of drug-likeness (QED) is 0.347. The number of ether oxygens (including phenoxy) is 2. The SMILES string of the molecule is C=CN(C)C(=C)CC(OC)N1CC2CC(C1)C2OCc1c(-c2c(Cl)cccc2Cl)noc1C1CC1. The van der Waals surface area contributed by atoms with Gasteiger partial charge >= 0.3 is 0 Å². The van der Waals surface area contributed by atoms with Crippen LogP contribution in [0.1, 0.15) is 42.9 Å². The van der Waals surface area contributed by atoms with Crippen LogP contribution in [0.5, 0.6) is 0 Å². The smallest absolute Gasteiger partial charge is 0.145 e. The molecule has 3 heterocycles. The predicted octanol–water partition coefficient (Wildman–Crippen LogP) is 6.31. The molecule has 188 valence electrons. The summed E-state index contributed by atoms with van der Waals surface area (Å²) in [7, 11) is 3.73. The van der Waals surface area contributed by atoms with Crippen LogP contribution >= 0.6 is 23.2 Å². The van der Waals surface area contributed by atoms with Crippen LogP contribution in [-0.2, 0) is 16.1 Å². The first-order chi connectivity index (χ1) is 16.9. The van der Waals surface area contributed by atoms with E-state index in [4.69, 9.17) is 37.2 Å². The number of methoxy groups -OCH3 is 1. The van der Waals surface area contributed by atoms with Gasteiger partial charge in [-0.3, -0.25) is 4.90 Å². The first-order valence-corrected chi connectivity index (χ1v) is 13.0. The highest BCUT2D eigenvalue weighted by atomic mass is 35.5. The molecule has 6 rings (SSSR count). The third kappa shape index (κ3) is 4.92. The second-order valence-electron chi connectivity index (χ2n) is 9.98. The predicted molar refractivity (Wildman–Crippen MR) is 138 cm³/mol. The van der Waals surface area contributed by atoms with E-state index in [1.165, 1.54) is 6.42 Å². The van der Waals surface area contributed by atoms with Gasteiger partial charge < -0.3 is 18.9 Å². The number of fused-ring (bicyclic) bond motifs is 2. The molecule has 6 nitrogen and oxygen atoms in total. The summed E-state index contributed by atoms with van der Waals surface area (Å²) in [6.07, 6.45) is 6.17. The molecule has 0 N–H and O–H groups in total. The highest BCUT2D eigenvalue weighted by molar-refractivity contribution is 6.39. The molecule has 4 aliphatic rings. The molecule has 2 saturated carbocycles. The van der Waals surface area contributed by atoms with E-state index in [9.17, 15) is 0 Å². The average Bonchev–Trinajstić information content (AvgIpc) is 3.62. The number of benzene rings is 1. The van der Waals surface area contributed by atoms with Crippen LogP contribution in [-0.4, -0.2) is 54.5 Å². The van der Waals surface area contributed by atoms with Crippen molar-refractivity contribution >= 4 is 23.2 Å². The standard InChI is InChI=1S/C27H33Cl2N3O3/c1-5-31(3)16(2)11-23(33-4)32-13-18-12-19(14-32)26(18)34-15-20-25(30-35-27(20)17-9-10-17)24-21(28)7-6-8-22(24)29/h5-8,17-19,23,26H,1-2,9-15H2,3-4H3. The molecule has 3 atom stereocenters. The van der Waals surface area contributed by atoms with Crippen molar-refractivity contribution in [2.24, 2.45) is 11.8 Å². The Kier molecular flexibility index (Phi) is 7.29. The molecule has 4 fully saturated rings. The molecule has 3 unspecified atom stereocenters. The van der Waals surface area contributed by atoms with Gasteiger partial charge in [-0.2, -0.15) is 0 Å². The van der Waals surface area contributed by atoms with Crippen LogP contribution in [0.3, 0.4) is 0 Å². The Bertz CT molecular complexity index is 1070. The molecule has 0 spiro atoms. The zero-order valence-electron chi connectivity index (χ0n) is 20.4. The number of nitrogens with zero attached hydrogens (tertiary/aromatic N) is 3. The molecule has 1 aromatic heterocycles. The van der Waals surface area contributed by atoms with E-state index in [2.05, 4.69) is 23.2 Å². The minimum atomic E-state index is 0.00431. The fourth-order valence-corrected chi connectivity index (χ4v) is 6.03. The molecule has 1 aromatic carbocycles. The van der Waals surface area contributed by atoms with Crippen LogP contribution in [0.2, 0.25) is 10.0 Å². The highest BCUT2D eigenvalue weighted by Crippen LogP contribution is 2.48. The fraction of sp³-hybridized carbons (Fsp3) is 0.519. The molecular weight excluding hydrogens is 485 g/mol. The summed E-state index contributed by atoms with van der Waals surface area (Å²) in [4.78, 5) is 4.37. The lowest BCUT2D eigenvalue weighted by molar-refractivity contribution is -0.180. The van der Waals surface area contributed by atoms with Crippen LogP contribution in [0.25, 0.3) is 11.3 Å². The van der Waals surface area contributed by atoms with Gasteiger partial charge in [0.2, 0.25) is 0 Å². The number of hydrogen-bond acceptors (Lipinski definition) is 6. The van der Waals surface area contributed by atoms with Crippen LogP contribution in [0, 0.1) is 11.8 Å². The van der Waals surface area contributed by atoms with E-state index in [1.807, 2.05) is 30.1 Å². The lowest BCUT2D eigenvalue weighted by Gasteiger charge is -2.54. The van der Waals surface area contributed by atoms with E-state index in [-0.39, 0.29) is 12.3 Å². The number of piperidine rings is 2. The fourth-order valence-electron chi connectivity index (χ4n) is 5.45. The summed E-state index contributed by atoms with van der Waals surface area (Å²) >= 11 is 13.0. The van der Waals surface area contributed by atoms with Gasteiger partial charge in [-0.05, 0) is 49.4 Å². The zero-order valence-corrected chi connectivity index (χ0v) is 21.9. The van der Waals surface area contributed by atoms with Crippen molar-refractivity contribution in [3.63, 3.8) is 0 Å². The molecule has 2 bridgehead atoms. The van der Waals surface area contributed by atoms with E-state index in [0.29, 0.717) is 40.1 Å². The normalized spacial score (nSPS) is 24.6. The lowest BCUT2D eigenvalue weighted by Crippen LogP contribution is -2.61. The lowest BCUT2D eigenvalue weighted by atomic mass is 9.68. The average molecular weight is 518 g/mol. The zero-order chi connectivity index (χ0) is 24.7. The van der Waals surface area contributed by atoms with E-state index in [0.717, 1.165) is 54.9 Å². The van der Waals surface area contributed by atoms with Crippen molar-refractivity contribution in [1.29, 1.82) is 0 Å². The van der Waals surface area contributed by atoms with Gasteiger partial charge in [0.1, 0.15) is 17.7 Å².